The minimum Gasteiger partial charge on any atom is -0.493 e. The first-order chi connectivity index (χ1) is 17.9. The normalized spacial score (nSPS) is 10.5. The fourth-order valence-electron chi connectivity index (χ4n) is 3.73. The maximum absolute atomic E-state index is 13.1. The number of pyridine rings is 1. The second-order valence-corrected chi connectivity index (χ2v) is 8.02. The first kappa shape index (κ1) is 25.2. The zero-order valence-corrected chi connectivity index (χ0v) is 20.5. The number of nitrogens with zero attached hydrogens (tertiary/aromatic N) is 1. The number of carbonyl (C=O) groups is 3. The molecule has 188 valence electrons. The number of methoxy groups -OCH3 is 2. The van der Waals surface area contributed by atoms with Crippen LogP contribution in [0.2, 0.25) is 0 Å². The molecule has 2 amide bonds. The summed E-state index contributed by atoms with van der Waals surface area (Å²) in [7, 11) is 3.09. The Balaban J connectivity index is 1.52. The summed E-state index contributed by atoms with van der Waals surface area (Å²) in [4.78, 5) is 41.3. The molecule has 37 heavy (non-hydrogen) atoms. The molecular weight excluding hydrogens is 474 g/mol. The van der Waals surface area contributed by atoms with E-state index in [1.165, 1.54) is 6.92 Å². The highest BCUT2D eigenvalue weighted by molar-refractivity contribution is 6.05. The summed E-state index contributed by atoms with van der Waals surface area (Å²) in [5.41, 5.74) is 3.24. The lowest BCUT2D eigenvalue weighted by Gasteiger charge is -2.12. The van der Waals surface area contributed by atoms with E-state index in [-0.39, 0.29) is 11.5 Å². The van der Waals surface area contributed by atoms with Crippen LogP contribution in [0.4, 0.5) is 11.4 Å². The quantitative estimate of drug-likeness (QED) is 0.338. The second kappa shape index (κ2) is 11.2. The highest BCUT2D eigenvalue weighted by atomic mass is 16.5. The predicted octanol–water partition coefficient (Wildman–Crippen LogP) is 4.67. The van der Waals surface area contributed by atoms with E-state index in [0.717, 1.165) is 5.56 Å². The van der Waals surface area contributed by atoms with E-state index < -0.39 is 18.5 Å². The Morgan fingerprint density at radius 1 is 0.811 bits per heavy atom. The average Bonchev–Trinajstić information content (AvgIpc) is 2.91. The number of hydrogen-bond acceptors (Lipinski definition) is 7. The Kier molecular flexibility index (Phi) is 7.63. The smallest absolute Gasteiger partial charge is 0.339 e. The van der Waals surface area contributed by atoms with Gasteiger partial charge in [0.15, 0.2) is 18.1 Å². The van der Waals surface area contributed by atoms with Crippen LogP contribution in [0.5, 0.6) is 11.5 Å². The molecule has 9 heteroatoms. The molecule has 0 unspecified atom stereocenters. The number of anilines is 2. The summed E-state index contributed by atoms with van der Waals surface area (Å²) in [6.07, 6.45) is 0. The van der Waals surface area contributed by atoms with Gasteiger partial charge in [0.05, 0.1) is 31.0 Å². The van der Waals surface area contributed by atoms with Crippen LogP contribution in [0, 0.1) is 0 Å². The molecule has 3 aromatic carbocycles. The van der Waals surface area contributed by atoms with Crippen LogP contribution in [0.25, 0.3) is 22.2 Å². The maximum atomic E-state index is 13.1. The largest absolute Gasteiger partial charge is 0.493 e. The van der Waals surface area contributed by atoms with Crippen molar-refractivity contribution in [2.24, 2.45) is 0 Å². The molecule has 0 spiro atoms. The zero-order chi connectivity index (χ0) is 26.4. The lowest BCUT2D eigenvalue weighted by Crippen LogP contribution is -2.21. The van der Waals surface area contributed by atoms with Crippen LogP contribution in [-0.2, 0) is 14.3 Å². The average molecular weight is 500 g/mol. The summed E-state index contributed by atoms with van der Waals surface area (Å²) >= 11 is 0. The van der Waals surface area contributed by atoms with E-state index in [0.29, 0.717) is 39.5 Å². The van der Waals surface area contributed by atoms with Gasteiger partial charge >= 0.3 is 5.97 Å². The standard InChI is InChI=1S/C28H25N3O6/c1-17(32)29-19-9-11-20(12-10-19)30-27(33)16-37-28(34)22-15-24(31-23-7-5-4-6-21(22)23)18-8-13-25(35-2)26(14-18)36-3/h4-15H,16H2,1-3H3,(H,29,32)(H,30,33). The van der Waals surface area contributed by atoms with Gasteiger partial charge in [-0.25, -0.2) is 9.78 Å². The third-order valence-corrected chi connectivity index (χ3v) is 5.44. The van der Waals surface area contributed by atoms with Crippen LogP contribution in [0.1, 0.15) is 17.3 Å². The first-order valence-electron chi connectivity index (χ1n) is 11.3. The van der Waals surface area contributed by atoms with E-state index in [9.17, 15) is 14.4 Å². The van der Waals surface area contributed by atoms with E-state index in [2.05, 4.69) is 15.6 Å². The third-order valence-electron chi connectivity index (χ3n) is 5.44. The monoisotopic (exact) mass is 499 g/mol. The summed E-state index contributed by atoms with van der Waals surface area (Å²) in [5.74, 6) is -0.250. The predicted molar refractivity (Wildman–Crippen MR) is 140 cm³/mol. The molecule has 0 aliphatic heterocycles. The van der Waals surface area contributed by atoms with Crippen molar-refractivity contribution in [1.29, 1.82) is 0 Å². The summed E-state index contributed by atoms with van der Waals surface area (Å²) in [6.45, 7) is 0.932. The topological polar surface area (TPSA) is 116 Å². The number of ether oxygens (including phenoxy) is 3. The van der Waals surface area contributed by atoms with E-state index in [1.54, 1.807) is 74.9 Å². The number of carbonyl (C=O) groups excluding carboxylic acids is 3. The Hall–Kier alpha value is -4.92. The Morgan fingerprint density at radius 3 is 2.16 bits per heavy atom. The van der Waals surface area contributed by atoms with Gasteiger partial charge < -0.3 is 24.8 Å². The Labute approximate surface area is 213 Å². The van der Waals surface area contributed by atoms with Crippen LogP contribution in [0.15, 0.2) is 72.8 Å². The minimum absolute atomic E-state index is 0.193. The van der Waals surface area contributed by atoms with Gasteiger partial charge in [0, 0.05) is 29.2 Å². The molecule has 1 heterocycles. The number of para-hydroxylation sites is 1. The number of aromatic nitrogens is 1. The Bertz CT molecular complexity index is 1470. The van der Waals surface area contributed by atoms with E-state index >= 15 is 0 Å². The van der Waals surface area contributed by atoms with Gasteiger partial charge in [-0.2, -0.15) is 0 Å². The molecule has 0 saturated heterocycles. The summed E-state index contributed by atoms with van der Waals surface area (Å²) in [5, 5.41) is 5.91. The van der Waals surface area contributed by atoms with Gasteiger partial charge in [-0.3, -0.25) is 9.59 Å². The number of fused-ring (bicyclic) bond motifs is 1. The van der Waals surface area contributed by atoms with Gasteiger partial charge in [0.2, 0.25) is 5.91 Å². The van der Waals surface area contributed by atoms with Crippen LogP contribution < -0.4 is 20.1 Å². The second-order valence-electron chi connectivity index (χ2n) is 8.02. The van der Waals surface area contributed by atoms with Crippen molar-refractivity contribution in [3.63, 3.8) is 0 Å². The third kappa shape index (κ3) is 6.02. The minimum atomic E-state index is -0.656. The van der Waals surface area contributed by atoms with Crippen molar-refractivity contribution >= 4 is 40.1 Å². The number of amides is 2. The summed E-state index contributed by atoms with van der Waals surface area (Å²) in [6, 6.07) is 20.8. The van der Waals surface area contributed by atoms with Crippen molar-refractivity contribution in [3.8, 4) is 22.8 Å². The molecule has 0 fully saturated rings. The van der Waals surface area contributed by atoms with Crippen LogP contribution in [-0.4, -0.2) is 43.6 Å². The van der Waals surface area contributed by atoms with Crippen molar-refractivity contribution in [2.45, 2.75) is 6.92 Å². The van der Waals surface area contributed by atoms with Gasteiger partial charge in [-0.15, -0.1) is 0 Å². The van der Waals surface area contributed by atoms with Crippen molar-refractivity contribution in [3.05, 3.63) is 78.4 Å². The lowest BCUT2D eigenvalue weighted by molar-refractivity contribution is -0.119. The van der Waals surface area contributed by atoms with E-state index in [1.807, 2.05) is 12.1 Å². The number of rotatable bonds is 8. The molecule has 0 atom stereocenters. The molecular formula is C28H25N3O6. The lowest BCUT2D eigenvalue weighted by atomic mass is 10.0. The highest BCUT2D eigenvalue weighted by Gasteiger charge is 2.17. The molecule has 0 aliphatic carbocycles. The first-order valence-corrected chi connectivity index (χ1v) is 11.3. The van der Waals surface area contributed by atoms with Gasteiger partial charge in [-0.05, 0) is 54.6 Å². The molecule has 0 bridgehead atoms. The molecule has 1 aromatic heterocycles. The van der Waals surface area contributed by atoms with Gasteiger partial charge in [-0.1, -0.05) is 18.2 Å². The number of nitrogens with one attached hydrogen (secondary N) is 2. The van der Waals surface area contributed by atoms with Crippen LogP contribution >= 0.6 is 0 Å². The molecule has 2 N–H and O–H groups in total. The van der Waals surface area contributed by atoms with Gasteiger partial charge in [0.1, 0.15) is 0 Å². The fourth-order valence-corrected chi connectivity index (χ4v) is 3.73. The van der Waals surface area contributed by atoms with Crippen molar-refractivity contribution < 1.29 is 28.6 Å². The van der Waals surface area contributed by atoms with Crippen LogP contribution in [0.3, 0.4) is 0 Å². The van der Waals surface area contributed by atoms with E-state index in [4.69, 9.17) is 14.2 Å². The summed E-state index contributed by atoms with van der Waals surface area (Å²) < 4.78 is 16.0. The molecule has 0 saturated carbocycles. The zero-order valence-electron chi connectivity index (χ0n) is 20.5. The number of esters is 1. The molecule has 0 radical (unpaired) electrons. The maximum Gasteiger partial charge on any atom is 0.339 e. The molecule has 4 aromatic rings. The SMILES string of the molecule is COc1ccc(-c2cc(C(=O)OCC(=O)Nc3ccc(NC(C)=O)cc3)c3ccccc3n2)cc1OC. The number of benzene rings is 3. The van der Waals surface area contributed by atoms with Crippen molar-refractivity contribution in [1.82, 2.24) is 4.98 Å². The molecule has 9 nitrogen and oxygen atoms in total. The molecule has 0 aliphatic rings. The number of hydrogen-bond donors (Lipinski definition) is 2. The highest BCUT2D eigenvalue weighted by Crippen LogP contribution is 2.33. The van der Waals surface area contributed by atoms with Crippen molar-refractivity contribution in [2.75, 3.05) is 31.5 Å². The Morgan fingerprint density at radius 2 is 1.49 bits per heavy atom. The molecule has 4 rings (SSSR count). The fraction of sp³-hybridized carbons (Fsp3) is 0.143. The van der Waals surface area contributed by atoms with Gasteiger partial charge in [0.25, 0.3) is 5.91 Å².